The van der Waals surface area contributed by atoms with Crippen molar-refractivity contribution in [3.05, 3.63) is 29.8 Å². The lowest BCUT2D eigenvalue weighted by atomic mass is 9.89. The zero-order valence-corrected chi connectivity index (χ0v) is 10.6. The van der Waals surface area contributed by atoms with Crippen molar-refractivity contribution in [1.82, 2.24) is 0 Å². The number of ether oxygens (including phenoxy) is 2. The highest BCUT2D eigenvalue weighted by molar-refractivity contribution is 5.75. The summed E-state index contributed by atoms with van der Waals surface area (Å²) in [6, 6.07) is 7.75. The Morgan fingerprint density at radius 2 is 2.06 bits per heavy atom. The monoisotopic (exact) mass is 246 g/mol. The van der Waals surface area contributed by atoms with E-state index in [0.717, 1.165) is 25.7 Å². The lowest BCUT2D eigenvalue weighted by Gasteiger charge is -2.17. The standard InChI is InChI=1S/C15H18O3/c1-2-10-3-6-12(7-4-10)17-15(16)11-5-8-13-14(9-11)18-13/h3-4,6-7,11,13-14H,2,5,8-9H2,1H3. The van der Waals surface area contributed by atoms with E-state index in [1.165, 1.54) is 5.56 Å². The Balaban J connectivity index is 1.59. The summed E-state index contributed by atoms with van der Waals surface area (Å²) >= 11 is 0. The fourth-order valence-corrected chi connectivity index (χ4v) is 2.61. The number of rotatable bonds is 3. The minimum absolute atomic E-state index is 0.0135. The van der Waals surface area contributed by atoms with Crippen molar-refractivity contribution >= 4 is 5.97 Å². The maximum atomic E-state index is 12.0. The molecule has 3 rings (SSSR count). The second-order valence-electron chi connectivity index (χ2n) is 5.14. The van der Waals surface area contributed by atoms with Crippen molar-refractivity contribution in [3.63, 3.8) is 0 Å². The van der Waals surface area contributed by atoms with Gasteiger partial charge in [-0.25, -0.2) is 0 Å². The predicted octanol–water partition coefficient (Wildman–Crippen LogP) is 2.72. The molecule has 1 saturated carbocycles. The van der Waals surface area contributed by atoms with E-state index in [1.807, 2.05) is 24.3 Å². The quantitative estimate of drug-likeness (QED) is 0.467. The molecule has 2 fully saturated rings. The zero-order chi connectivity index (χ0) is 12.5. The third-order valence-electron chi connectivity index (χ3n) is 3.89. The summed E-state index contributed by atoms with van der Waals surface area (Å²) in [7, 11) is 0. The molecule has 3 nitrogen and oxygen atoms in total. The number of aryl methyl sites for hydroxylation is 1. The largest absolute Gasteiger partial charge is 0.426 e. The summed E-state index contributed by atoms with van der Waals surface area (Å²) in [4.78, 5) is 12.0. The zero-order valence-electron chi connectivity index (χ0n) is 10.6. The number of epoxide rings is 1. The number of benzene rings is 1. The van der Waals surface area contributed by atoms with Gasteiger partial charge >= 0.3 is 5.97 Å². The second kappa shape index (κ2) is 4.73. The second-order valence-corrected chi connectivity index (χ2v) is 5.14. The first kappa shape index (κ1) is 11.7. The average molecular weight is 246 g/mol. The van der Waals surface area contributed by atoms with Crippen LogP contribution in [0.3, 0.4) is 0 Å². The van der Waals surface area contributed by atoms with Gasteiger partial charge in [0.05, 0.1) is 18.1 Å². The number of esters is 1. The van der Waals surface area contributed by atoms with Crippen LogP contribution in [0, 0.1) is 5.92 Å². The molecule has 0 bridgehead atoms. The van der Waals surface area contributed by atoms with Gasteiger partial charge in [0.25, 0.3) is 0 Å². The molecule has 0 radical (unpaired) electrons. The van der Waals surface area contributed by atoms with Crippen LogP contribution in [0.1, 0.15) is 31.7 Å². The number of fused-ring (bicyclic) bond motifs is 1. The summed E-state index contributed by atoms with van der Waals surface area (Å²) in [6.07, 6.45) is 4.47. The molecule has 1 aromatic carbocycles. The van der Waals surface area contributed by atoms with Crippen molar-refractivity contribution in [1.29, 1.82) is 0 Å². The normalized spacial score (nSPS) is 29.5. The highest BCUT2D eigenvalue weighted by Gasteiger charge is 2.46. The van der Waals surface area contributed by atoms with E-state index in [9.17, 15) is 4.79 Å². The Hall–Kier alpha value is -1.35. The highest BCUT2D eigenvalue weighted by atomic mass is 16.6. The van der Waals surface area contributed by atoms with E-state index >= 15 is 0 Å². The van der Waals surface area contributed by atoms with E-state index < -0.39 is 0 Å². The third kappa shape index (κ3) is 2.41. The molecule has 1 aliphatic heterocycles. The van der Waals surface area contributed by atoms with Gasteiger partial charge in [-0.15, -0.1) is 0 Å². The number of hydrogen-bond donors (Lipinski definition) is 0. The van der Waals surface area contributed by atoms with Gasteiger partial charge in [0, 0.05) is 0 Å². The van der Waals surface area contributed by atoms with Gasteiger partial charge in [0.15, 0.2) is 0 Å². The lowest BCUT2D eigenvalue weighted by molar-refractivity contribution is -0.139. The molecule has 3 unspecified atom stereocenters. The van der Waals surface area contributed by atoms with Crippen LogP contribution in [-0.2, 0) is 16.0 Å². The molecular weight excluding hydrogens is 228 g/mol. The van der Waals surface area contributed by atoms with Gasteiger partial charge in [0.1, 0.15) is 5.75 Å². The fourth-order valence-electron chi connectivity index (χ4n) is 2.61. The molecule has 18 heavy (non-hydrogen) atoms. The Morgan fingerprint density at radius 1 is 1.28 bits per heavy atom. The van der Waals surface area contributed by atoms with Crippen molar-refractivity contribution in [2.75, 3.05) is 0 Å². The first-order chi connectivity index (χ1) is 8.76. The predicted molar refractivity (Wildman–Crippen MR) is 67.5 cm³/mol. The van der Waals surface area contributed by atoms with Crippen LogP contribution in [-0.4, -0.2) is 18.2 Å². The van der Waals surface area contributed by atoms with Crippen LogP contribution >= 0.6 is 0 Å². The van der Waals surface area contributed by atoms with E-state index in [-0.39, 0.29) is 11.9 Å². The SMILES string of the molecule is CCc1ccc(OC(=O)C2CCC3OC3C2)cc1. The van der Waals surface area contributed by atoms with Crippen molar-refractivity contribution < 1.29 is 14.3 Å². The van der Waals surface area contributed by atoms with Crippen LogP contribution in [0.2, 0.25) is 0 Å². The first-order valence-electron chi connectivity index (χ1n) is 6.72. The molecule has 3 atom stereocenters. The topological polar surface area (TPSA) is 38.8 Å². The average Bonchev–Trinajstić information content (AvgIpc) is 3.17. The summed E-state index contributed by atoms with van der Waals surface area (Å²) in [6.45, 7) is 2.11. The Labute approximate surface area is 107 Å². The number of carbonyl (C=O) groups is 1. The van der Waals surface area contributed by atoms with Gasteiger partial charge in [-0.2, -0.15) is 0 Å². The molecule has 0 spiro atoms. The molecule has 3 heteroatoms. The third-order valence-corrected chi connectivity index (χ3v) is 3.89. The van der Waals surface area contributed by atoms with E-state index in [4.69, 9.17) is 9.47 Å². The lowest BCUT2D eigenvalue weighted by Crippen LogP contribution is -2.25. The molecule has 0 amide bonds. The Kier molecular flexibility index (Phi) is 3.08. The van der Waals surface area contributed by atoms with Gasteiger partial charge in [-0.05, 0) is 43.4 Å². The minimum Gasteiger partial charge on any atom is -0.426 e. The van der Waals surface area contributed by atoms with Crippen LogP contribution in [0.4, 0.5) is 0 Å². The number of carbonyl (C=O) groups excluding carboxylic acids is 1. The summed E-state index contributed by atoms with van der Waals surface area (Å²) in [5.41, 5.74) is 1.25. The van der Waals surface area contributed by atoms with Crippen LogP contribution in [0.25, 0.3) is 0 Å². The van der Waals surface area contributed by atoms with Crippen molar-refractivity contribution in [3.8, 4) is 5.75 Å². The first-order valence-corrected chi connectivity index (χ1v) is 6.72. The molecule has 1 aromatic rings. The Bertz CT molecular complexity index is 438. The maximum Gasteiger partial charge on any atom is 0.314 e. The number of hydrogen-bond acceptors (Lipinski definition) is 3. The van der Waals surface area contributed by atoms with Crippen LogP contribution in [0.15, 0.2) is 24.3 Å². The summed E-state index contributed by atoms with van der Waals surface area (Å²) in [5, 5.41) is 0. The van der Waals surface area contributed by atoms with Crippen LogP contribution < -0.4 is 4.74 Å². The van der Waals surface area contributed by atoms with E-state index in [0.29, 0.717) is 18.0 Å². The Morgan fingerprint density at radius 3 is 2.72 bits per heavy atom. The van der Waals surface area contributed by atoms with Crippen molar-refractivity contribution in [2.24, 2.45) is 5.92 Å². The van der Waals surface area contributed by atoms with Crippen molar-refractivity contribution in [2.45, 2.75) is 44.8 Å². The molecule has 1 aliphatic carbocycles. The van der Waals surface area contributed by atoms with Crippen LogP contribution in [0.5, 0.6) is 5.75 Å². The molecule has 1 saturated heterocycles. The molecule has 0 aromatic heterocycles. The molecule has 1 heterocycles. The highest BCUT2D eigenvalue weighted by Crippen LogP contribution is 2.39. The van der Waals surface area contributed by atoms with E-state index in [2.05, 4.69) is 6.92 Å². The maximum absolute atomic E-state index is 12.0. The smallest absolute Gasteiger partial charge is 0.314 e. The fraction of sp³-hybridized carbons (Fsp3) is 0.533. The summed E-state index contributed by atoms with van der Waals surface area (Å²) < 4.78 is 10.9. The van der Waals surface area contributed by atoms with E-state index in [1.54, 1.807) is 0 Å². The molecule has 0 N–H and O–H groups in total. The minimum atomic E-state index is -0.104. The van der Waals surface area contributed by atoms with Gasteiger partial charge < -0.3 is 9.47 Å². The van der Waals surface area contributed by atoms with Gasteiger partial charge in [0.2, 0.25) is 0 Å². The summed E-state index contributed by atoms with van der Waals surface area (Å²) in [5.74, 6) is 0.559. The molecular formula is C15H18O3. The van der Waals surface area contributed by atoms with Gasteiger partial charge in [-0.3, -0.25) is 4.79 Å². The molecule has 2 aliphatic rings. The molecule has 96 valence electrons. The van der Waals surface area contributed by atoms with Gasteiger partial charge in [-0.1, -0.05) is 19.1 Å².